The normalized spacial score (nSPS) is 19.4. The summed E-state index contributed by atoms with van der Waals surface area (Å²) in [6.45, 7) is 1.55. The summed E-state index contributed by atoms with van der Waals surface area (Å²) in [5, 5.41) is 1.76. The van der Waals surface area contributed by atoms with E-state index in [2.05, 4.69) is 15.0 Å². The summed E-state index contributed by atoms with van der Waals surface area (Å²) in [5.74, 6) is -0.0570. The van der Waals surface area contributed by atoms with Crippen LogP contribution in [-0.4, -0.2) is 45.5 Å². The number of carbonyl (C=O) groups is 1. The number of amides is 1. The Morgan fingerprint density at radius 2 is 2.37 bits per heavy atom. The van der Waals surface area contributed by atoms with Gasteiger partial charge in [-0.15, -0.1) is 11.3 Å². The van der Waals surface area contributed by atoms with E-state index in [1.54, 1.807) is 34.4 Å². The van der Waals surface area contributed by atoms with Crippen molar-refractivity contribution >= 4 is 17.2 Å². The number of carbonyl (C=O) groups excluding carboxylic acids is 1. The molecule has 2 aromatic rings. The molecule has 1 atom stereocenters. The molecule has 1 saturated heterocycles. The van der Waals surface area contributed by atoms with Crippen LogP contribution in [0.25, 0.3) is 0 Å². The Morgan fingerprint density at radius 3 is 3.11 bits per heavy atom. The van der Waals surface area contributed by atoms with Crippen molar-refractivity contribution in [1.82, 2.24) is 19.9 Å². The van der Waals surface area contributed by atoms with Crippen molar-refractivity contribution in [1.29, 1.82) is 0 Å². The number of nitrogens with zero attached hydrogens (tertiary/aromatic N) is 4. The minimum atomic E-state index is -0.218. The zero-order chi connectivity index (χ0) is 13.1. The van der Waals surface area contributed by atoms with Gasteiger partial charge in [-0.25, -0.2) is 4.98 Å². The van der Waals surface area contributed by atoms with Gasteiger partial charge in [-0.1, -0.05) is 0 Å². The van der Waals surface area contributed by atoms with Crippen LogP contribution in [0.3, 0.4) is 0 Å². The molecule has 2 aromatic heterocycles. The lowest BCUT2D eigenvalue weighted by Crippen LogP contribution is -2.42. The second kappa shape index (κ2) is 5.41. The third kappa shape index (κ3) is 2.61. The molecule has 6 nitrogen and oxygen atoms in total. The molecule has 3 heterocycles. The minimum Gasteiger partial charge on any atom is -0.368 e. The van der Waals surface area contributed by atoms with E-state index < -0.39 is 0 Å². The predicted octanol–water partition coefficient (Wildman–Crippen LogP) is 1.15. The molecule has 0 aliphatic carbocycles. The van der Waals surface area contributed by atoms with Gasteiger partial charge in [0.15, 0.2) is 0 Å². The van der Waals surface area contributed by atoms with Crippen molar-refractivity contribution in [2.45, 2.75) is 6.10 Å². The van der Waals surface area contributed by atoms with Gasteiger partial charge < -0.3 is 9.64 Å². The highest BCUT2D eigenvalue weighted by atomic mass is 32.1. The average molecular weight is 276 g/mol. The first kappa shape index (κ1) is 12.2. The van der Waals surface area contributed by atoms with Crippen LogP contribution in [0.15, 0.2) is 29.5 Å². The second-order valence-corrected chi connectivity index (χ2v) is 4.83. The Morgan fingerprint density at radius 1 is 1.42 bits per heavy atom. The molecule has 1 fully saturated rings. The molecule has 0 N–H and O–H groups in total. The predicted molar refractivity (Wildman–Crippen MR) is 68.7 cm³/mol. The van der Waals surface area contributed by atoms with Gasteiger partial charge in [-0.2, -0.15) is 0 Å². The fourth-order valence-corrected chi connectivity index (χ4v) is 2.50. The summed E-state index contributed by atoms with van der Waals surface area (Å²) >= 11 is 1.42. The van der Waals surface area contributed by atoms with E-state index in [9.17, 15) is 4.79 Å². The van der Waals surface area contributed by atoms with Gasteiger partial charge in [0, 0.05) is 24.3 Å². The van der Waals surface area contributed by atoms with E-state index in [4.69, 9.17) is 4.74 Å². The first-order valence-corrected chi connectivity index (χ1v) is 6.84. The van der Waals surface area contributed by atoms with Crippen LogP contribution in [0.1, 0.15) is 22.3 Å². The van der Waals surface area contributed by atoms with Crippen molar-refractivity contribution in [2.24, 2.45) is 0 Å². The molecule has 1 amide bonds. The first-order chi connectivity index (χ1) is 9.34. The SMILES string of the molecule is O=C(c1cscn1)N1CCOC(c2cnccn2)C1. The summed E-state index contributed by atoms with van der Waals surface area (Å²) in [6.07, 6.45) is 4.69. The van der Waals surface area contributed by atoms with E-state index in [1.807, 2.05) is 0 Å². The van der Waals surface area contributed by atoms with Crippen LogP contribution in [-0.2, 0) is 4.74 Å². The molecule has 19 heavy (non-hydrogen) atoms. The fourth-order valence-electron chi connectivity index (χ4n) is 1.97. The number of morpholine rings is 1. The van der Waals surface area contributed by atoms with Crippen molar-refractivity contribution in [3.05, 3.63) is 40.9 Å². The minimum absolute atomic E-state index is 0.0570. The molecule has 3 rings (SSSR count). The van der Waals surface area contributed by atoms with Crippen LogP contribution in [0.2, 0.25) is 0 Å². The van der Waals surface area contributed by atoms with Gasteiger partial charge in [0.2, 0.25) is 0 Å². The molecule has 7 heteroatoms. The maximum Gasteiger partial charge on any atom is 0.273 e. The molecule has 1 aliphatic heterocycles. The van der Waals surface area contributed by atoms with E-state index >= 15 is 0 Å². The smallest absolute Gasteiger partial charge is 0.273 e. The van der Waals surface area contributed by atoms with E-state index in [0.29, 0.717) is 25.4 Å². The fraction of sp³-hybridized carbons (Fsp3) is 0.333. The maximum atomic E-state index is 12.2. The lowest BCUT2D eigenvalue weighted by molar-refractivity contribution is -0.0250. The topological polar surface area (TPSA) is 68.2 Å². The number of aromatic nitrogens is 3. The Labute approximate surface area is 114 Å². The van der Waals surface area contributed by atoms with Crippen LogP contribution in [0.5, 0.6) is 0 Å². The number of rotatable bonds is 2. The highest BCUT2D eigenvalue weighted by Gasteiger charge is 2.27. The lowest BCUT2D eigenvalue weighted by atomic mass is 10.2. The monoisotopic (exact) mass is 276 g/mol. The second-order valence-electron chi connectivity index (χ2n) is 4.11. The maximum absolute atomic E-state index is 12.2. The Kier molecular flexibility index (Phi) is 3.47. The molecule has 0 radical (unpaired) electrons. The summed E-state index contributed by atoms with van der Waals surface area (Å²) in [5.41, 5.74) is 2.90. The molecular weight excluding hydrogens is 264 g/mol. The average Bonchev–Trinajstić information content (AvgIpc) is 3.02. The number of hydrogen-bond acceptors (Lipinski definition) is 6. The number of hydrogen-bond donors (Lipinski definition) is 0. The quantitative estimate of drug-likeness (QED) is 0.823. The number of thiazole rings is 1. The van der Waals surface area contributed by atoms with Crippen LogP contribution in [0, 0.1) is 0 Å². The largest absolute Gasteiger partial charge is 0.368 e. The van der Waals surface area contributed by atoms with Gasteiger partial charge in [-0.3, -0.25) is 14.8 Å². The van der Waals surface area contributed by atoms with Crippen LogP contribution in [0.4, 0.5) is 0 Å². The number of ether oxygens (including phenoxy) is 1. The summed E-state index contributed by atoms with van der Waals surface area (Å²) in [7, 11) is 0. The van der Waals surface area contributed by atoms with Gasteiger partial charge >= 0.3 is 0 Å². The van der Waals surface area contributed by atoms with Gasteiger partial charge in [0.1, 0.15) is 11.8 Å². The molecular formula is C12H12N4O2S. The lowest BCUT2D eigenvalue weighted by Gasteiger charge is -2.32. The van der Waals surface area contributed by atoms with Crippen LogP contribution < -0.4 is 0 Å². The molecule has 0 bridgehead atoms. The summed E-state index contributed by atoms with van der Waals surface area (Å²) < 4.78 is 5.65. The third-order valence-electron chi connectivity index (χ3n) is 2.92. The van der Waals surface area contributed by atoms with Crippen molar-refractivity contribution < 1.29 is 9.53 Å². The van der Waals surface area contributed by atoms with Crippen molar-refractivity contribution in [2.75, 3.05) is 19.7 Å². The molecule has 0 aromatic carbocycles. The summed E-state index contributed by atoms with van der Waals surface area (Å²) in [6, 6.07) is 0. The molecule has 0 saturated carbocycles. The van der Waals surface area contributed by atoms with Gasteiger partial charge in [-0.05, 0) is 0 Å². The zero-order valence-electron chi connectivity index (χ0n) is 10.1. The zero-order valence-corrected chi connectivity index (χ0v) is 10.9. The molecule has 98 valence electrons. The van der Waals surface area contributed by atoms with E-state index in [-0.39, 0.29) is 12.0 Å². The van der Waals surface area contributed by atoms with E-state index in [0.717, 1.165) is 5.69 Å². The standard InChI is InChI=1S/C12H12N4O2S/c17-12(10-7-19-8-15-10)16-3-4-18-11(6-16)9-5-13-1-2-14-9/h1-2,5,7-8,11H,3-4,6H2. The first-order valence-electron chi connectivity index (χ1n) is 5.89. The molecule has 0 spiro atoms. The summed E-state index contributed by atoms with van der Waals surface area (Å²) in [4.78, 5) is 26.3. The van der Waals surface area contributed by atoms with Crippen LogP contribution >= 0.6 is 11.3 Å². The van der Waals surface area contributed by atoms with Gasteiger partial charge in [0.25, 0.3) is 5.91 Å². The van der Waals surface area contributed by atoms with E-state index in [1.165, 1.54) is 11.3 Å². The van der Waals surface area contributed by atoms with Crippen molar-refractivity contribution in [3.63, 3.8) is 0 Å². The molecule has 1 unspecified atom stereocenters. The Balaban J connectivity index is 1.73. The Hall–Kier alpha value is -1.86. The highest BCUT2D eigenvalue weighted by Crippen LogP contribution is 2.20. The molecule has 1 aliphatic rings. The third-order valence-corrected chi connectivity index (χ3v) is 3.50. The Bertz CT molecular complexity index is 546. The highest BCUT2D eigenvalue weighted by molar-refractivity contribution is 7.07. The van der Waals surface area contributed by atoms with Gasteiger partial charge in [0.05, 0.1) is 30.6 Å². The van der Waals surface area contributed by atoms with Crippen molar-refractivity contribution in [3.8, 4) is 0 Å².